The third-order valence-corrected chi connectivity index (χ3v) is 5.91. The average Bonchev–Trinajstić information content (AvgIpc) is 3.55. The first kappa shape index (κ1) is 22.0. The van der Waals surface area contributed by atoms with Crippen molar-refractivity contribution in [2.24, 2.45) is 7.05 Å². The van der Waals surface area contributed by atoms with Crippen LogP contribution in [0.15, 0.2) is 55.0 Å². The Morgan fingerprint density at radius 2 is 1.91 bits per heavy atom. The minimum Gasteiger partial charge on any atom is -0.387 e. The number of carbonyl (C=O) groups excluding carboxylic acids is 1. The first-order chi connectivity index (χ1) is 16.5. The van der Waals surface area contributed by atoms with Crippen molar-refractivity contribution in [1.29, 1.82) is 0 Å². The molecule has 11 nitrogen and oxygen atoms in total. The molecule has 4 aromatic rings. The largest absolute Gasteiger partial charge is 0.387 e. The summed E-state index contributed by atoms with van der Waals surface area (Å²) in [6.45, 7) is 0.520. The van der Waals surface area contributed by atoms with Crippen LogP contribution in [0.5, 0.6) is 0 Å². The average molecular weight is 463 g/mol. The molecule has 0 saturated carbocycles. The lowest BCUT2D eigenvalue weighted by atomic mass is 10.1. The van der Waals surface area contributed by atoms with E-state index in [2.05, 4.69) is 15.6 Å². The summed E-state index contributed by atoms with van der Waals surface area (Å²) in [5, 5.41) is 26.8. The molecule has 3 aromatic heterocycles. The summed E-state index contributed by atoms with van der Waals surface area (Å²) in [6.07, 6.45) is -1.66. The molecule has 1 aliphatic heterocycles. The Morgan fingerprint density at radius 1 is 1.12 bits per heavy atom. The predicted molar refractivity (Wildman–Crippen MR) is 123 cm³/mol. The Labute approximate surface area is 195 Å². The molecule has 0 bridgehead atoms. The Bertz CT molecular complexity index is 1320. The van der Waals surface area contributed by atoms with Gasteiger partial charge in [-0.2, -0.15) is 0 Å². The second-order valence-electron chi connectivity index (χ2n) is 8.11. The fourth-order valence-electron chi connectivity index (χ4n) is 4.06. The SMILES string of the molecule is CNC(=O)C1OC(n2cnc3c(NCc4ccccc4)nc(-c4cccn4C)nc32)C(O)C1O. The number of amides is 1. The van der Waals surface area contributed by atoms with Gasteiger partial charge in [-0.3, -0.25) is 9.36 Å². The van der Waals surface area contributed by atoms with Crippen molar-refractivity contribution in [3.8, 4) is 11.5 Å². The van der Waals surface area contributed by atoms with E-state index in [9.17, 15) is 15.0 Å². The molecule has 1 saturated heterocycles. The number of aliphatic hydroxyl groups is 2. The number of aliphatic hydroxyl groups excluding tert-OH is 2. The first-order valence-corrected chi connectivity index (χ1v) is 10.8. The lowest BCUT2D eigenvalue weighted by molar-refractivity contribution is -0.137. The topological polar surface area (TPSA) is 139 Å². The lowest BCUT2D eigenvalue weighted by Crippen LogP contribution is -2.41. The van der Waals surface area contributed by atoms with Gasteiger partial charge in [-0.15, -0.1) is 0 Å². The number of anilines is 1. The number of aromatic nitrogens is 5. The summed E-state index contributed by atoms with van der Waals surface area (Å²) in [6, 6.07) is 13.7. The molecule has 4 atom stereocenters. The molecule has 1 amide bonds. The van der Waals surface area contributed by atoms with E-state index >= 15 is 0 Å². The van der Waals surface area contributed by atoms with Gasteiger partial charge in [-0.05, 0) is 17.7 Å². The van der Waals surface area contributed by atoms with Crippen molar-refractivity contribution in [1.82, 2.24) is 29.4 Å². The third-order valence-electron chi connectivity index (χ3n) is 5.91. The smallest absolute Gasteiger partial charge is 0.251 e. The van der Waals surface area contributed by atoms with Gasteiger partial charge in [0.25, 0.3) is 5.91 Å². The van der Waals surface area contributed by atoms with Gasteiger partial charge in [0.05, 0.1) is 12.0 Å². The normalized spacial score (nSPS) is 22.2. The van der Waals surface area contributed by atoms with Gasteiger partial charge < -0.3 is 30.2 Å². The van der Waals surface area contributed by atoms with Crippen molar-refractivity contribution in [2.75, 3.05) is 12.4 Å². The van der Waals surface area contributed by atoms with Crippen molar-refractivity contribution in [3.05, 3.63) is 60.6 Å². The van der Waals surface area contributed by atoms with Gasteiger partial charge >= 0.3 is 0 Å². The molecule has 1 fully saturated rings. The molecular formula is C23H25N7O4. The van der Waals surface area contributed by atoms with Gasteiger partial charge in [-0.1, -0.05) is 30.3 Å². The van der Waals surface area contributed by atoms with Gasteiger partial charge in [0.15, 0.2) is 35.1 Å². The number of imidazole rings is 1. The summed E-state index contributed by atoms with van der Waals surface area (Å²) >= 11 is 0. The van der Waals surface area contributed by atoms with E-state index in [4.69, 9.17) is 14.7 Å². The van der Waals surface area contributed by atoms with Crippen LogP contribution in [-0.2, 0) is 23.1 Å². The van der Waals surface area contributed by atoms with Crippen LogP contribution >= 0.6 is 0 Å². The molecule has 1 aliphatic rings. The van der Waals surface area contributed by atoms with Crippen molar-refractivity contribution in [3.63, 3.8) is 0 Å². The number of nitrogens with zero attached hydrogens (tertiary/aromatic N) is 5. The lowest BCUT2D eigenvalue weighted by Gasteiger charge is -2.17. The van der Waals surface area contributed by atoms with E-state index in [0.29, 0.717) is 29.4 Å². The van der Waals surface area contributed by atoms with E-state index in [1.807, 2.05) is 60.3 Å². The van der Waals surface area contributed by atoms with Gasteiger partial charge in [-0.25, -0.2) is 15.0 Å². The second-order valence-corrected chi connectivity index (χ2v) is 8.11. The highest BCUT2D eigenvalue weighted by Crippen LogP contribution is 2.33. The molecule has 176 valence electrons. The summed E-state index contributed by atoms with van der Waals surface area (Å²) in [5.41, 5.74) is 2.73. The molecule has 4 N–H and O–H groups in total. The maximum absolute atomic E-state index is 12.1. The van der Waals surface area contributed by atoms with E-state index in [0.717, 1.165) is 11.3 Å². The minimum absolute atomic E-state index is 0.399. The Kier molecular flexibility index (Phi) is 5.74. The molecule has 0 aliphatic carbocycles. The number of ether oxygens (including phenoxy) is 1. The zero-order valence-electron chi connectivity index (χ0n) is 18.7. The fourth-order valence-corrected chi connectivity index (χ4v) is 4.06. The van der Waals surface area contributed by atoms with Gasteiger partial charge in [0, 0.05) is 26.8 Å². The molecule has 0 radical (unpaired) electrons. The van der Waals surface area contributed by atoms with Crippen LogP contribution in [0.2, 0.25) is 0 Å². The highest BCUT2D eigenvalue weighted by atomic mass is 16.6. The minimum atomic E-state index is -1.40. The molecule has 0 spiro atoms. The van der Waals surface area contributed by atoms with Crippen molar-refractivity contribution < 1.29 is 19.7 Å². The third kappa shape index (κ3) is 3.79. The molecule has 4 heterocycles. The second kappa shape index (κ2) is 8.86. The summed E-state index contributed by atoms with van der Waals surface area (Å²) in [5.74, 6) is 0.440. The van der Waals surface area contributed by atoms with Crippen LogP contribution in [-0.4, -0.2) is 65.6 Å². The number of fused-ring (bicyclic) bond motifs is 1. The molecule has 1 aromatic carbocycles. The molecule has 4 unspecified atom stereocenters. The van der Waals surface area contributed by atoms with Gasteiger partial charge in [0.1, 0.15) is 12.2 Å². The zero-order valence-corrected chi connectivity index (χ0v) is 18.7. The summed E-state index contributed by atoms with van der Waals surface area (Å²) in [4.78, 5) is 26.0. The highest BCUT2D eigenvalue weighted by molar-refractivity contribution is 5.85. The Balaban J connectivity index is 1.58. The fraction of sp³-hybridized carbons (Fsp3) is 0.304. The van der Waals surface area contributed by atoms with Crippen LogP contribution in [0.3, 0.4) is 0 Å². The van der Waals surface area contributed by atoms with Crippen LogP contribution in [0.4, 0.5) is 5.82 Å². The number of hydrogen-bond donors (Lipinski definition) is 4. The highest BCUT2D eigenvalue weighted by Gasteiger charge is 2.47. The standard InChI is InChI=1S/C23H25N7O4/c1-24-22(33)18-16(31)17(32)23(34-18)30-12-26-15-20(25-11-13-7-4-3-5-8-13)27-19(28-21(15)30)14-9-6-10-29(14)2/h3-10,12,16-18,23,31-32H,11H2,1-2H3,(H,24,33)(H,25,27,28). The maximum atomic E-state index is 12.1. The van der Waals surface area contributed by atoms with E-state index in [-0.39, 0.29) is 0 Å². The number of nitrogens with one attached hydrogen (secondary N) is 2. The molecule has 11 heteroatoms. The zero-order chi connectivity index (χ0) is 23.8. The molecule has 5 rings (SSSR count). The number of hydrogen-bond acceptors (Lipinski definition) is 8. The molecule has 34 heavy (non-hydrogen) atoms. The van der Waals surface area contributed by atoms with E-state index in [1.165, 1.54) is 17.9 Å². The number of benzene rings is 1. The van der Waals surface area contributed by atoms with Crippen molar-refractivity contribution in [2.45, 2.75) is 31.1 Å². The van der Waals surface area contributed by atoms with Crippen LogP contribution in [0.1, 0.15) is 11.8 Å². The Morgan fingerprint density at radius 3 is 2.62 bits per heavy atom. The number of aryl methyl sites for hydroxylation is 1. The first-order valence-electron chi connectivity index (χ1n) is 10.8. The molecular weight excluding hydrogens is 438 g/mol. The van der Waals surface area contributed by atoms with Crippen molar-refractivity contribution >= 4 is 22.9 Å². The van der Waals surface area contributed by atoms with Gasteiger partial charge in [0.2, 0.25) is 0 Å². The number of likely N-dealkylation sites (N-methyl/N-ethyl adjacent to an activating group) is 1. The summed E-state index contributed by atoms with van der Waals surface area (Å²) < 4.78 is 9.16. The number of rotatable bonds is 6. The van der Waals surface area contributed by atoms with Crippen LogP contribution in [0.25, 0.3) is 22.7 Å². The van der Waals surface area contributed by atoms with E-state index in [1.54, 1.807) is 0 Å². The van der Waals surface area contributed by atoms with Crippen LogP contribution < -0.4 is 10.6 Å². The Hall–Kier alpha value is -3.80. The van der Waals surface area contributed by atoms with Crippen LogP contribution in [0, 0.1) is 0 Å². The predicted octanol–water partition coefficient (Wildman–Crippen LogP) is 0.809. The maximum Gasteiger partial charge on any atom is 0.251 e. The van der Waals surface area contributed by atoms with E-state index < -0.39 is 30.4 Å². The monoisotopic (exact) mass is 463 g/mol. The summed E-state index contributed by atoms with van der Waals surface area (Å²) in [7, 11) is 3.33. The number of carbonyl (C=O) groups is 1. The quantitative estimate of drug-likeness (QED) is 0.329.